The topological polar surface area (TPSA) is 186 Å². The molecule has 3 aromatic carbocycles. The molecule has 0 spiro atoms. The number of fused-ring (bicyclic) bond motifs is 6. The molecule has 8 atom stereocenters. The Morgan fingerprint density at radius 3 is 2.41 bits per heavy atom. The molecule has 64 heavy (non-hydrogen) atoms. The standard InChI is InChI=1S/C48H59N7O9/c1-9-25(2)42(52-47(58)62-7)46(57)55-26(3)10-15-39(55)44-49-21-38(51-44)30-11-13-32-31(17-30)24-64-41-20-33-29(18-35(32)41)12-14-36-34(33)19-37(50-36)40-16-28(23-60-5)22-54(40)45(56)43(27(4)61-6)53-48(59)63-8/h11-14,17-18,20-21,25-28,39-40,42-43H,9-10,15-16,19,22-24H2,1-8H3,(H,49,51)(H,52,58)(H,53,59)/t25-,26-,27+,28-,39-,40-,42-,43-/m0/s1. The van der Waals surface area contributed by atoms with Gasteiger partial charge >= 0.3 is 12.2 Å². The second-order valence-corrected chi connectivity index (χ2v) is 17.6. The fourth-order valence-corrected chi connectivity index (χ4v) is 9.92. The number of methoxy groups -OCH3 is 4. The molecule has 16 nitrogen and oxygen atoms in total. The minimum absolute atomic E-state index is 0.0200. The Hall–Kier alpha value is -6.00. The molecule has 0 unspecified atom stereocenters. The van der Waals surface area contributed by atoms with Gasteiger partial charge in [0.15, 0.2) is 0 Å². The van der Waals surface area contributed by atoms with Gasteiger partial charge in [0.05, 0.1) is 56.6 Å². The minimum atomic E-state index is -0.943. The first-order chi connectivity index (χ1) is 30.9. The van der Waals surface area contributed by atoms with E-state index in [-0.39, 0.29) is 41.8 Å². The number of imidazole rings is 1. The number of likely N-dealkylation sites (tertiary alicyclic amines) is 2. The summed E-state index contributed by atoms with van der Waals surface area (Å²) in [6.45, 7) is 9.08. The maximum Gasteiger partial charge on any atom is 0.407 e. The van der Waals surface area contributed by atoms with Crippen LogP contribution in [0.3, 0.4) is 0 Å². The number of H-pyrrole nitrogens is 1. The van der Waals surface area contributed by atoms with Crippen molar-refractivity contribution in [3.8, 4) is 28.1 Å². The van der Waals surface area contributed by atoms with Crippen LogP contribution in [0.1, 0.15) is 76.4 Å². The van der Waals surface area contributed by atoms with Crippen LogP contribution in [0.2, 0.25) is 0 Å². The van der Waals surface area contributed by atoms with Crippen molar-refractivity contribution in [1.29, 1.82) is 0 Å². The molecule has 1 aromatic heterocycles. The smallest absolute Gasteiger partial charge is 0.407 e. The molecule has 0 aliphatic carbocycles. The van der Waals surface area contributed by atoms with Crippen LogP contribution >= 0.6 is 0 Å². The Morgan fingerprint density at radius 1 is 0.922 bits per heavy atom. The zero-order chi connectivity index (χ0) is 45.4. The molecule has 3 N–H and O–H groups in total. The number of nitrogens with zero attached hydrogens (tertiary/aromatic N) is 4. The van der Waals surface area contributed by atoms with E-state index in [1.165, 1.54) is 21.3 Å². The molecule has 2 saturated heterocycles. The SMILES string of the molecule is CC[C@H](C)[C@H](NC(=O)OC)C(=O)N1[C@@H](C)CC[C@H]1c1ncc(-c2ccc3c(c2)COc2cc4c5c(ccc4cc2-3)N=C([C@@H]2C[C@H](COC)CN2C(=O)[C@@H](NC(=O)OC)[C@@H](C)OC)C5)[nH]1. The van der Waals surface area contributed by atoms with Crippen molar-refractivity contribution in [1.82, 2.24) is 30.4 Å². The lowest BCUT2D eigenvalue weighted by molar-refractivity contribution is -0.138. The third kappa shape index (κ3) is 8.40. The second-order valence-electron chi connectivity index (χ2n) is 17.6. The molecule has 16 heteroatoms. The summed E-state index contributed by atoms with van der Waals surface area (Å²) in [7, 11) is 5.74. The average molecular weight is 878 g/mol. The lowest BCUT2D eigenvalue weighted by atomic mass is 9.90. The van der Waals surface area contributed by atoms with Crippen LogP contribution in [0.5, 0.6) is 5.75 Å². The van der Waals surface area contributed by atoms with E-state index in [1.54, 1.807) is 14.0 Å². The van der Waals surface area contributed by atoms with Gasteiger partial charge in [-0.25, -0.2) is 14.6 Å². The number of aromatic nitrogens is 2. The van der Waals surface area contributed by atoms with Crippen molar-refractivity contribution >= 4 is 46.2 Å². The van der Waals surface area contributed by atoms with E-state index in [9.17, 15) is 19.2 Å². The summed E-state index contributed by atoms with van der Waals surface area (Å²) in [5.41, 5.74) is 7.77. The molecule has 5 heterocycles. The lowest BCUT2D eigenvalue weighted by Crippen LogP contribution is -2.56. The van der Waals surface area contributed by atoms with Crippen LogP contribution < -0.4 is 15.4 Å². The van der Waals surface area contributed by atoms with Crippen molar-refractivity contribution in [3.05, 3.63) is 65.6 Å². The van der Waals surface area contributed by atoms with Crippen molar-refractivity contribution in [2.24, 2.45) is 16.8 Å². The molecule has 2 fully saturated rings. The number of hydrogen-bond donors (Lipinski definition) is 3. The van der Waals surface area contributed by atoms with Crippen LogP contribution in [0.4, 0.5) is 15.3 Å². The molecule has 4 aromatic rings. The number of aromatic amines is 1. The largest absolute Gasteiger partial charge is 0.488 e. The number of carbonyl (C=O) groups is 4. The maximum absolute atomic E-state index is 14.2. The molecular formula is C48H59N7O9. The zero-order valence-corrected chi connectivity index (χ0v) is 37.9. The first-order valence-corrected chi connectivity index (χ1v) is 22.2. The molecule has 0 saturated carbocycles. The normalized spacial score (nSPS) is 21.8. The third-order valence-corrected chi connectivity index (χ3v) is 13.7. The van der Waals surface area contributed by atoms with E-state index in [2.05, 4.69) is 52.0 Å². The van der Waals surface area contributed by atoms with Gasteiger partial charge in [0, 0.05) is 50.4 Å². The fourth-order valence-electron chi connectivity index (χ4n) is 9.92. The van der Waals surface area contributed by atoms with Crippen LogP contribution in [0.25, 0.3) is 33.2 Å². The second kappa shape index (κ2) is 18.6. The Kier molecular flexibility index (Phi) is 13.0. The van der Waals surface area contributed by atoms with E-state index in [0.29, 0.717) is 38.4 Å². The number of aliphatic imine (C=N–C) groups is 1. The Morgan fingerprint density at radius 2 is 1.69 bits per heavy atom. The Labute approximate surface area is 373 Å². The number of rotatable bonds is 13. The van der Waals surface area contributed by atoms with Gasteiger partial charge in [-0.05, 0) is 96.3 Å². The summed E-state index contributed by atoms with van der Waals surface area (Å²) in [5.74, 6) is 1.12. The molecule has 8 rings (SSSR count). The summed E-state index contributed by atoms with van der Waals surface area (Å²) in [6, 6.07) is 12.6. The highest BCUT2D eigenvalue weighted by atomic mass is 16.5. The van der Waals surface area contributed by atoms with Gasteiger partial charge in [-0.1, -0.05) is 38.5 Å². The number of amides is 4. The number of nitrogens with one attached hydrogen (secondary N) is 3. The minimum Gasteiger partial charge on any atom is -0.488 e. The molecule has 340 valence electrons. The van der Waals surface area contributed by atoms with Gasteiger partial charge < -0.3 is 49.1 Å². The van der Waals surface area contributed by atoms with Crippen LogP contribution in [0, 0.1) is 11.8 Å². The molecular weight excluding hydrogens is 819 g/mol. The van der Waals surface area contributed by atoms with Gasteiger partial charge in [0.25, 0.3) is 0 Å². The molecule has 4 amide bonds. The first kappa shape index (κ1) is 44.6. The Bertz CT molecular complexity index is 2470. The molecule has 4 aliphatic heterocycles. The van der Waals surface area contributed by atoms with Crippen LogP contribution in [-0.2, 0) is 41.6 Å². The Balaban J connectivity index is 1.02. The number of hydrogen-bond acceptors (Lipinski definition) is 11. The highest BCUT2D eigenvalue weighted by molar-refractivity contribution is 6.06. The zero-order valence-electron chi connectivity index (χ0n) is 37.9. The quantitative estimate of drug-likeness (QED) is 0.128. The molecule has 0 radical (unpaired) electrons. The molecule has 0 bridgehead atoms. The third-order valence-electron chi connectivity index (χ3n) is 13.7. The first-order valence-electron chi connectivity index (χ1n) is 22.2. The van der Waals surface area contributed by atoms with Crippen LogP contribution in [0.15, 0.2) is 53.7 Å². The summed E-state index contributed by atoms with van der Waals surface area (Å²) >= 11 is 0. The van der Waals surface area contributed by atoms with Gasteiger partial charge in [-0.15, -0.1) is 0 Å². The number of alkyl carbamates (subject to hydrolysis) is 2. The van der Waals surface area contributed by atoms with E-state index < -0.39 is 30.4 Å². The van der Waals surface area contributed by atoms with Gasteiger partial charge in [0.2, 0.25) is 11.8 Å². The van der Waals surface area contributed by atoms with Crippen molar-refractivity contribution in [3.63, 3.8) is 0 Å². The number of benzene rings is 3. The molecule has 4 aliphatic rings. The van der Waals surface area contributed by atoms with Gasteiger partial charge in [-0.3, -0.25) is 14.6 Å². The van der Waals surface area contributed by atoms with E-state index >= 15 is 0 Å². The fraction of sp³-hybridized carbons (Fsp3) is 0.500. The van der Waals surface area contributed by atoms with Crippen molar-refractivity contribution < 1.29 is 42.9 Å². The van der Waals surface area contributed by atoms with Gasteiger partial charge in [-0.2, -0.15) is 0 Å². The summed E-state index contributed by atoms with van der Waals surface area (Å²) in [5, 5.41) is 7.56. The monoisotopic (exact) mass is 877 g/mol. The van der Waals surface area contributed by atoms with Gasteiger partial charge in [0.1, 0.15) is 30.3 Å². The lowest BCUT2D eigenvalue weighted by Gasteiger charge is -2.33. The number of ether oxygens (including phenoxy) is 5. The predicted molar refractivity (Wildman–Crippen MR) is 240 cm³/mol. The summed E-state index contributed by atoms with van der Waals surface area (Å²) in [4.78, 5) is 69.9. The highest BCUT2D eigenvalue weighted by Crippen LogP contribution is 2.45. The average Bonchev–Trinajstić information content (AvgIpc) is 4.14. The maximum atomic E-state index is 14.2. The summed E-state index contributed by atoms with van der Waals surface area (Å²) < 4.78 is 27.2. The highest BCUT2D eigenvalue weighted by Gasteiger charge is 2.44. The summed E-state index contributed by atoms with van der Waals surface area (Å²) in [6.07, 6.45) is 3.44. The number of carbonyl (C=O) groups excluding carboxylic acids is 4. The van der Waals surface area contributed by atoms with E-state index in [1.807, 2.05) is 42.8 Å². The predicted octanol–water partition coefficient (Wildman–Crippen LogP) is 6.86. The van der Waals surface area contributed by atoms with Crippen molar-refractivity contribution in [2.45, 2.75) is 103 Å². The van der Waals surface area contributed by atoms with Crippen molar-refractivity contribution in [2.75, 3.05) is 41.6 Å². The van der Waals surface area contributed by atoms with E-state index in [0.717, 1.165) is 80.7 Å². The van der Waals surface area contributed by atoms with E-state index in [4.69, 9.17) is 33.7 Å². The van der Waals surface area contributed by atoms with Crippen LogP contribution in [-0.4, -0.2) is 121 Å².